The van der Waals surface area contributed by atoms with Gasteiger partial charge in [0, 0.05) is 0 Å². The van der Waals surface area contributed by atoms with Crippen LogP contribution < -0.4 is 4.74 Å². The van der Waals surface area contributed by atoms with Crippen molar-refractivity contribution in [2.45, 2.75) is 58.8 Å². The topological polar surface area (TPSA) is 26.3 Å². The monoisotopic (exact) mass is 384 g/mol. The number of halogens is 6. The standard InChI is InChI=1S/C18H22F6O2/c1-15(2,3)10-16(4,5)11-6-8-12(9-7-11)26-14(25)13(17(19,20)21)18(22,23)24/h6-9,13H,10H2,1-5H3. The average molecular weight is 384 g/mol. The van der Waals surface area contributed by atoms with Crippen LogP contribution >= 0.6 is 0 Å². The first kappa shape index (κ1) is 22.3. The molecule has 1 aromatic carbocycles. The van der Waals surface area contributed by atoms with Gasteiger partial charge in [-0.2, -0.15) is 26.3 Å². The molecule has 1 rings (SSSR count). The Morgan fingerprint density at radius 3 is 1.65 bits per heavy atom. The highest BCUT2D eigenvalue weighted by Crippen LogP contribution is 2.40. The number of alkyl halides is 6. The van der Waals surface area contributed by atoms with Crippen molar-refractivity contribution in [2.75, 3.05) is 0 Å². The van der Waals surface area contributed by atoms with Crippen LogP contribution in [0, 0.1) is 11.3 Å². The fraction of sp³-hybridized carbons (Fsp3) is 0.611. The van der Waals surface area contributed by atoms with E-state index < -0.39 is 24.2 Å². The summed E-state index contributed by atoms with van der Waals surface area (Å²) in [5.74, 6) is -6.94. The summed E-state index contributed by atoms with van der Waals surface area (Å²) in [6.07, 6.45) is -10.8. The highest BCUT2D eigenvalue weighted by molar-refractivity contribution is 5.76. The van der Waals surface area contributed by atoms with Crippen LogP contribution in [0.15, 0.2) is 24.3 Å². The normalized spacial score (nSPS) is 13.8. The van der Waals surface area contributed by atoms with Crippen LogP contribution in [0.3, 0.4) is 0 Å². The van der Waals surface area contributed by atoms with Gasteiger partial charge in [0.1, 0.15) is 5.75 Å². The third-order valence-electron chi connectivity index (χ3n) is 3.72. The molecule has 0 aliphatic rings. The molecule has 26 heavy (non-hydrogen) atoms. The lowest BCUT2D eigenvalue weighted by Crippen LogP contribution is -2.44. The number of carbonyl (C=O) groups excluding carboxylic acids is 1. The number of carbonyl (C=O) groups is 1. The van der Waals surface area contributed by atoms with Crippen molar-refractivity contribution in [3.05, 3.63) is 29.8 Å². The van der Waals surface area contributed by atoms with Crippen LogP contribution in [0.4, 0.5) is 26.3 Å². The molecule has 0 unspecified atom stereocenters. The third kappa shape index (κ3) is 6.21. The van der Waals surface area contributed by atoms with E-state index in [1.165, 1.54) is 24.3 Å². The molecule has 0 fully saturated rings. The van der Waals surface area contributed by atoms with E-state index in [0.29, 0.717) is 0 Å². The van der Waals surface area contributed by atoms with E-state index in [1.807, 2.05) is 13.8 Å². The second kappa shape index (κ2) is 7.12. The third-order valence-corrected chi connectivity index (χ3v) is 3.72. The van der Waals surface area contributed by atoms with Crippen molar-refractivity contribution in [2.24, 2.45) is 11.3 Å². The van der Waals surface area contributed by atoms with Crippen molar-refractivity contribution >= 4 is 5.97 Å². The number of esters is 1. The van der Waals surface area contributed by atoms with Crippen molar-refractivity contribution < 1.29 is 35.9 Å². The fourth-order valence-corrected chi connectivity index (χ4v) is 3.03. The maximum absolute atomic E-state index is 12.5. The van der Waals surface area contributed by atoms with Gasteiger partial charge < -0.3 is 4.74 Å². The lowest BCUT2D eigenvalue weighted by molar-refractivity contribution is -0.279. The van der Waals surface area contributed by atoms with Gasteiger partial charge in [-0.3, -0.25) is 4.79 Å². The average Bonchev–Trinajstić information content (AvgIpc) is 2.32. The Kier molecular flexibility index (Phi) is 6.11. The van der Waals surface area contributed by atoms with Crippen LogP contribution in [0.1, 0.15) is 46.6 Å². The van der Waals surface area contributed by atoms with Crippen LogP contribution in [0.2, 0.25) is 0 Å². The maximum Gasteiger partial charge on any atom is 0.411 e. The second-order valence-corrected chi connectivity index (χ2v) is 8.08. The van der Waals surface area contributed by atoms with Crippen molar-refractivity contribution in [3.63, 3.8) is 0 Å². The molecule has 0 heterocycles. The first-order chi connectivity index (χ1) is 11.4. The zero-order chi connectivity index (χ0) is 20.6. The summed E-state index contributed by atoms with van der Waals surface area (Å²) in [4.78, 5) is 11.4. The Hall–Kier alpha value is -1.73. The fourth-order valence-electron chi connectivity index (χ4n) is 3.03. The summed E-state index contributed by atoms with van der Waals surface area (Å²) < 4.78 is 79.5. The molecule has 0 N–H and O–H groups in total. The van der Waals surface area contributed by atoms with Gasteiger partial charge in [-0.15, -0.1) is 0 Å². The van der Waals surface area contributed by atoms with E-state index in [4.69, 9.17) is 0 Å². The quantitative estimate of drug-likeness (QED) is 0.359. The van der Waals surface area contributed by atoms with E-state index in [-0.39, 0.29) is 16.6 Å². The minimum absolute atomic E-state index is 0.0152. The number of ether oxygens (including phenoxy) is 1. The van der Waals surface area contributed by atoms with Gasteiger partial charge in [0.25, 0.3) is 0 Å². The minimum atomic E-state index is -5.77. The van der Waals surface area contributed by atoms with Gasteiger partial charge >= 0.3 is 18.3 Å². The van der Waals surface area contributed by atoms with Crippen molar-refractivity contribution in [1.29, 1.82) is 0 Å². The summed E-state index contributed by atoms with van der Waals surface area (Å²) in [5, 5.41) is 0. The molecule has 0 saturated heterocycles. The number of hydrogen-bond donors (Lipinski definition) is 0. The highest BCUT2D eigenvalue weighted by Gasteiger charge is 2.62. The van der Waals surface area contributed by atoms with Gasteiger partial charge in [-0.05, 0) is 34.9 Å². The summed E-state index contributed by atoms with van der Waals surface area (Å²) in [6, 6.07) is 5.46. The van der Waals surface area contributed by atoms with Crippen LogP contribution in [-0.2, 0) is 10.2 Å². The molecule has 0 atom stereocenters. The molecule has 0 bridgehead atoms. The summed E-state index contributed by atoms with van der Waals surface area (Å²) in [5.41, 5.74) is 0.568. The maximum atomic E-state index is 12.5. The summed E-state index contributed by atoms with van der Waals surface area (Å²) >= 11 is 0. The van der Waals surface area contributed by atoms with E-state index in [9.17, 15) is 31.1 Å². The first-order valence-corrected chi connectivity index (χ1v) is 7.89. The van der Waals surface area contributed by atoms with Crippen LogP contribution in [0.25, 0.3) is 0 Å². The van der Waals surface area contributed by atoms with Gasteiger partial charge in [0.2, 0.25) is 5.92 Å². The Morgan fingerprint density at radius 2 is 1.31 bits per heavy atom. The van der Waals surface area contributed by atoms with E-state index >= 15 is 0 Å². The Balaban J connectivity index is 2.98. The van der Waals surface area contributed by atoms with Crippen LogP contribution in [0.5, 0.6) is 5.75 Å². The molecule has 2 nitrogen and oxygen atoms in total. The zero-order valence-corrected chi connectivity index (χ0v) is 15.2. The SMILES string of the molecule is CC(C)(C)CC(C)(C)c1ccc(OC(=O)C(C(F)(F)F)C(F)(F)F)cc1. The van der Waals surface area contributed by atoms with Gasteiger partial charge in [0.15, 0.2) is 0 Å². The molecular formula is C18H22F6O2. The number of benzene rings is 1. The smallest absolute Gasteiger partial charge is 0.411 e. The lowest BCUT2D eigenvalue weighted by atomic mass is 9.72. The predicted octanol–water partition coefficient (Wildman–Crippen LogP) is 6.05. The lowest BCUT2D eigenvalue weighted by Gasteiger charge is -2.33. The molecule has 0 radical (unpaired) electrons. The molecular weight excluding hydrogens is 362 g/mol. The highest BCUT2D eigenvalue weighted by atomic mass is 19.4. The molecule has 0 saturated carbocycles. The first-order valence-electron chi connectivity index (χ1n) is 7.89. The van der Waals surface area contributed by atoms with Gasteiger partial charge in [0.05, 0.1) is 0 Å². The summed E-state index contributed by atoms with van der Waals surface area (Å²) in [6.45, 7) is 10.1. The Labute approximate surface area is 148 Å². The van der Waals surface area contributed by atoms with E-state index in [1.54, 1.807) is 0 Å². The minimum Gasteiger partial charge on any atom is -0.426 e. The molecule has 0 aromatic heterocycles. The molecule has 1 aromatic rings. The molecule has 0 amide bonds. The zero-order valence-electron chi connectivity index (χ0n) is 15.2. The van der Waals surface area contributed by atoms with Crippen molar-refractivity contribution in [3.8, 4) is 5.75 Å². The van der Waals surface area contributed by atoms with E-state index in [0.717, 1.165) is 12.0 Å². The Bertz CT molecular complexity index is 607. The van der Waals surface area contributed by atoms with Gasteiger partial charge in [-0.25, -0.2) is 0 Å². The number of rotatable bonds is 4. The number of hydrogen-bond acceptors (Lipinski definition) is 2. The largest absolute Gasteiger partial charge is 0.426 e. The molecule has 0 aliphatic carbocycles. The van der Waals surface area contributed by atoms with Gasteiger partial charge in [-0.1, -0.05) is 46.8 Å². The summed E-state index contributed by atoms with van der Waals surface area (Å²) in [7, 11) is 0. The molecule has 8 heteroatoms. The molecule has 148 valence electrons. The van der Waals surface area contributed by atoms with Crippen LogP contribution in [-0.4, -0.2) is 18.3 Å². The van der Waals surface area contributed by atoms with E-state index in [2.05, 4.69) is 25.5 Å². The predicted molar refractivity (Wildman–Crippen MR) is 84.8 cm³/mol. The molecule has 0 spiro atoms. The second-order valence-electron chi connectivity index (χ2n) is 8.08. The van der Waals surface area contributed by atoms with Crippen molar-refractivity contribution in [1.82, 2.24) is 0 Å². The molecule has 0 aliphatic heterocycles. The Morgan fingerprint density at radius 1 is 0.885 bits per heavy atom.